The lowest BCUT2D eigenvalue weighted by Crippen LogP contribution is -2.36. The van der Waals surface area contributed by atoms with Crippen molar-refractivity contribution in [2.75, 3.05) is 23.5 Å². The van der Waals surface area contributed by atoms with Crippen molar-refractivity contribution in [2.45, 2.75) is 20.0 Å². The quantitative estimate of drug-likeness (QED) is 0.371. The van der Waals surface area contributed by atoms with Gasteiger partial charge in [0, 0.05) is 29.7 Å². The van der Waals surface area contributed by atoms with E-state index in [9.17, 15) is 9.59 Å². The highest BCUT2D eigenvalue weighted by Gasteiger charge is 2.35. The average molecular weight is 514 g/mol. The van der Waals surface area contributed by atoms with Gasteiger partial charge >= 0.3 is 0 Å². The minimum atomic E-state index is -0.499. The molecule has 182 valence electrons. The summed E-state index contributed by atoms with van der Waals surface area (Å²) >= 11 is 12.4. The molecule has 0 aliphatic carbocycles. The third kappa shape index (κ3) is 6.18. The molecule has 3 aromatic carbocycles. The highest BCUT2D eigenvalue weighted by atomic mass is 35.5. The Labute approximate surface area is 213 Å². The summed E-state index contributed by atoms with van der Waals surface area (Å²) in [7, 11) is 0. The SMILES string of the molecule is CCOc1cc(NNC(=O)[C@@H]2CC(=O)N(c3ccc(Cl)cc3)C2)cc(Cl)c1OCc1ccccc1. The number of rotatable bonds is 9. The molecule has 7 nitrogen and oxygen atoms in total. The van der Waals surface area contributed by atoms with Gasteiger partial charge < -0.3 is 14.4 Å². The van der Waals surface area contributed by atoms with Crippen molar-refractivity contribution in [1.29, 1.82) is 0 Å². The molecule has 4 rings (SSSR count). The largest absolute Gasteiger partial charge is 0.490 e. The molecule has 0 aromatic heterocycles. The number of ether oxygens (including phenoxy) is 2. The van der Waals surface area contributed by atoms with Gasteiger partial charge in [-0.15, -0.1) is 0 Å². The number of carbonyl (C=O) groups is 2. The molecular formula is C26H25Cl2N3O4. The monoisotopic (exact) mass is 513 g/mol. The number of nitrogens with zero attached hydrogens (tertiary/aromatic N) is 1. The Bertz CT molecular complexity index is 1190. The van der Waals surface area contributed by atoms with Crippen LogP contribution in [0.4, 0.5) is 11.4 Å². The Hall–Kier alpha value is -3.42. The second kappa shape index (κ2) is 11.3. The van der Waals surface area contributed by atoms with Crippen LogP contribution in [0.3, 0.4) is 0 Å². The van der Waals surface area contributed by atoms with Crippen LogP contribution in [0.25, 0.3) is 0 Å². The number of anilines is 2. The van der Waals surface area contributed by atoms with Crippen molar-refractivity contribution >= 4 is 46.4 Å². The first-order valence-electron chi connectivity index (χ1n) is 11.2. The lowest BCUT2D eigenvalue weighted by atomic mass is 10.1. The Morgan fingerprint density at radius 3 is 2.51 bits per heavy atom. The molecule has 0 saturated carbocycles. The third-order valence-electron chi connectivity index (χ3n) is 5.50. The summed E-state index contributed by atoms with van der Waals surface area (Å²) < 4.78 is 11.6. The number of amides is 2. The zero-order valence-corrected chi connectivity index (χ0v) is 20.6. The van der Waals surface area contributed by atoms with E-state index in [1.54, 1.807) is 41.3 Å². The van der Waals surface area contributed by atoms with Crippen molar-refractivity contribution in [3.63, 3.8) is 0 Å². The Kier molecular flexibility index (Phi) is 8.00. The van der Waals surface area contributed by atoms with Crippen LogP contribution in [0, 0.1) is 5.92 Å². The molecule has 2 amide bonds. The number of carbonyl (C=O) groups excluding carboxylic acids is 2. The molecule has 2 N–H and O–H groups in total. The summed E-state index contributed by atoms with van der Waals surface area (Å²) in [5.74, 6) is -0.0322. The highest BCUT2D eigenvalue weighted by molar-refractivity contribution is 6.32. The summed E-state index contributed by atoms with van der Waals surface area (Å²) in [6, 6.07) is 20.0. The molecule has 1 saturated heterocycles. The lowest BCUT2D eigenvalue weighted by molar-refractivity contribution is -0.125. The number of hydrazine groups is 1. The minimum absolute atomic E-state index is 0.117. The first kappa shape index (κ1) is 24.7. The fourth-order valence-electron chi connectivity index (χ4n) is 3.76. The van der Waals surface area contributed by atoms with Gasteiger partial charge in [-0.2, -0.15) is 0 Å². The van der Waals surface area contributed by atoms with Crippen molar-refractivity contribution in [3.8, 4) is 11.5 Å². The molecule has 35 heavy (non-hydrogen) atoms. The van der Waals surface area contributed by atoms with E-state index in [4.69, 9.17) is 32.7 Å². The first-order valence-corrected chi connectivity index (χ1v) is 11.9. The van der Waals surface area contributed by atoms with Gasteiger partial charge in [0.05, 0.1) is 23.2 Å². The summed E-state index contributed by atoms with van der Waals surface area (Å²) in [5.41, 5.74) is 7.78. The Morgan fingerprint density at radius 1 is 1.06 bits per heavy atom. The average Bonchev–Trinajstić information content (AvgIpc) is 3.25. The van der Waals surface area contributed by atoms with Crippen LogP contribution in [-0.2, 0) is 16.2 Å². The molecule has 9 heteroatoms. The number of halogens is 2. The van der Waals surface area contributed by atoms with Gasteiger partial charge in [-0.3, -0.25) is 20.4 Å². The lowest BCUT2D eigenvalue weighted by Gasteiger charge is -2.18. The van der Waals surface area contributed by atoms with Gasteiger partial charge in [0.1, 0.15) is 6.61 Å². The summed E-state index contributed by atoms with van der Waals surface area (Å²) in [6.45, 7) is 2.90. The first-order chi connectivity index (χ1) is 16.9. The van der Waals surface area contributed by atoms with Gasteiger partial charge in [0.2, 0.25) is 11.8 Å². The number of benzene rings is 3. The second-order valence-electron chi connectivity index (χ2n) is 7.99. The standard InChI is InChI=1S/C26H25Cl2N3O4/c1-2-34-23-14-20(13-22(28)25(23)35-16-17-6-4-3-5-7-17)29-30-26(33)18-12-24(32)31(15-18)21-10-8-19(27)9-11-21/h3-11,13-14,18,29H,2,12,15-16H2,1H3,(H,30,33)/t18-/m1/s1. The van der Waals surface area contributed by atoms with E-state index < -0.39 is 5.92 Å². The van der Waals surface area contributed by atoms with Gasteiger partial charge in [0.15, 0.2) is 11.5 Å². The topological polar surface area (TPSA) is 79.9 Å². The molecule has 3 aromatic rings. The summed E-state index contributed by atoms with van der Waals surface area (Å²) in [5, 5.41) is 0.925. The van der Waals surface area contributed by atoms with Gasteiger partial charge in [-0.05, 0) is 42.8 Å². The van der Waals surface area contributed by atoms with Crippen molar-refractivity contribution < 1.29 is 19.1 Å². The molecule has 1 heterocycles. The van der Waals surface area contributed by atoms with Gasteiger partial charge in [0.25, 0.3) is 0 Å². The normalized spacial score (nSPS) is 15.1. The fourth-order valence-corrected chi connectivity index (χ4v) is 4.15. The molecule has 1 aliphatic rings. The van der Waals surface area contributed by atoms with E-state index in [1.807, 2.05) is 37.3 Å². The van der Waals surface area contributed by atoms with E-state index in [1.165, 1.54) is 0 Å². The predicted octanol–water partition coefficient (Wildman–Crippen LogP) is 5.47. The van der Waals surface area contributed by atoms with Crippen LogP contribution >= 0.6 is 23.2 Å². The van der Waals surface area contributed by atoms with E-state index >= 15 is 0 Å². The zero-order chi connectivity index (χ0) is 24.8. The van der Waals surface area contributed by atoms with E-state index in [0.717, 1.165) is 5.56 Å². The van der Waals surface area contributed by atoms with E-state index in [2.05, 4.69) is 10.9 Å². The van der Waals surface area contributed by atoms with Crippen LogP contribution in [0.1, 0.15) is 18.9 Å². The maximum atomic E-state index is 12.8. The number of hydrogen-bond acceptors (Lipinski definition) is 5. The molecule has 0 unspecified atom stereocenters. The van der Waals surface area contributed by atoms with Crippen molar-refractivity contribution in [1.82, 2.24) is 5.43 Å². The van der Waals surface area contributed by atoms with Crippen LogP contribution < -0.4 is 25.2 Å². The van der Waals surface area contributed by atoms with E-state index in [0.29, 0.717) is 46.1 Å². The number of nitrogens with one attached hydrogen (secondary N) is 2. The van der Waals surface area contributed by atoms with Gasteiger partial charge in [-0.25, -0.2) is 0 Å². The number of hydrogen-bond donors (Lipinski definition) is 2. The maximum Gasteiger partial charge on any atom is 0.243 e. The zero-order valence-electron chi connectivity index (χ0n) is 19.1. The molecule has 1 atom stereocenters. The molecular weight excluding hydrogens is 489 g/mol. The Morgan fingerprint density at radius 2 is 1.80 bits per heavy atom. The second-order valence-corrected chi connectivity index (χ2v) is 8.83. The molecule has 0 bridgehead atoms. The van der Waals surface area contributed by atoms with Crippen LogP contribution in [0.5, 0.6) is 11.5 Å². The highest BCUT2D eigenvalue weighted by Crippen LogP contribution is 2.39. The molecule has 0 spiro atoms. The van der Waals surface area contributed by atoms with Crippen molar-refractivity contribution in [3.05, 3.63) is 82.3 Å². The van der Waals surface area contributed by atoms with Crippen LogP contribution in [0.15, 0.2) is 66.7 Å². The smallest absolute Gasteiger partial charge is 0.243 e. The predicted molar refractivity (Wildman–Crippen MR) is 137 cm³/mol. The third-order valence-corrected chi connectivity index (χ3v) is 6.03. The van der Waals surface area contributed by atoms with Crippen molar-refractivity contribution in [2.24, 2.45) is 5.92 Å². The van der Waals surface area contributed by atoms with Crippen LogP contribution in [-0.4, -0.2) is 25.0 Å². The fraction of sp³-hybridized carbons (Fsp3) is 0.231. The van der Waals surface area contributed by atoms with Gasteiger partial charge in [-0.1, -0.05) is 53.5 Å². The summed E-state index contributed by atoms with van der Waals surface area (Å²) in [6.07, 6.45) is 0.118. The Balaban J connectivity index is 1.39. The van der Waals surface area contributed by atoms with E-state index in [-0.39, 0.29) is 24.8 Å². The maximum absolute atomic E-state index is 12.8. The molecule has 1 fully saturated rings. The summed E-state index contributed by atoms with van der Waals surface area (Å²) in [4.78, 5) is 26.8. The molecule has 0 radical (unpaired) electrons. The minimum Gasteiger partial charge on any atom is -0.490 e. The van der Waals surface area contributed by atoms with Crippen LogP contribution in [0.2, 0.25) is 10.0 Å². The molecule has 1 aliphatic heterocycles.